The van der Waals surface area contributed by atoms with Crippen LogP contribution in [0.2, 0.25) is 0 Å². The minimum Gasteiger partial charge on any atom is -0.356 e. The van der Waals surface area contributed by atoms with Gasteiger partial charge in [0.2, 0.25) is 0 Å². The number of anilines is 1. The van der Waals surface area contributed by atoms with Gasteiger partial charge in [-0.05, 0) is 63.1 Å². The van der Waals surface area contributed by atoms with Crippen LogP contribution in [-0.4, -0.2) is 51.9 Å². The molecule has 1 spiro atoms. The van der Waals surface area contributed by atoms with Gasteiger partial charge in [0.25, 0.3) is 5.91 Å². The van der Waals surface area contributed by atoms with Gasteiger partial charge in [0.05, 0.1) is 5.69 Å². The fraction of sp³-hybridized carbons (Fsp3) is 0.545. The second-order valence-corrected chi connectivity index (χ2v) is 8.50. The third kappa shape index (κ3) is 2.95. The molecule has 2 fully saturated rings. The highest BCUT2D eigenvalue weighted by Crippen LogP contribution is 2.44. The minimum atomic E-state index is 0.0952. The van der Waals surface area contributed by atoms with Crippen molar-refractivity contribution >= 4 is 11.7 Å². The van der Waals surface area contributed by atoms with Crippen molar-refractivity contribution in [1.82, 2.24) is 19.9 Å². The Kier molecular flexibility index (Phi) is 4.29. The number of hydrogen-bond acceptors (Lipinski definition) is 5. The average Bonchev–Trinajstić information content (AvgIpc) is 3.37. The average molecular weight is 377 g/mol. The van der Waals surface area contributed by atoms with E-state index in [-0.39, 0.29) is 11.3 Å². The summed E-state index contributed by atoms with van der Waals surface area (Å²) in [5.74, 6) is 1.92. The Bertz CT molecular complexity index is 904. The molecule has 1 aliphatic carbocycles. The lowest BCUT2D eigenvalue weighted by Gasteiger charge is -2.41. The van der Waals surface area contributed by atoms with Gasteiger partial charge in [0.15, 0.2) is 0 Å². The molecular formula is C22H27N5O. The van der Waals surface area contributed by atoms with Gasteiger partial charge < -0.3 is 9.80 Å². The first-order valence-electron chi connectivity index (χ1n) is 10.5. The number of fused-ring (bicyclic) bond motifs is 2. The van der Waals surface area contributed by atoms with E-state index >= 15 is 0 Å². The molecule has 2 saturated heterocycles. The van der Waals surface area contributed by atoms with Crippen LogP contribution in [0.1, 0.15) is 59.5 Å². The molecule has 2 aromatic heterocycles. The SMILES string of the molecule is Cc1ncc2c(n1)C1(CCCN(c3cc(C(=O)N4CCCC4)ccn3)C1)CC2. The van der Waals surface area contributed by atoms with Gasteiger partial charge in [0, 0.05) is 49.6 Å². The maximum atomic E-state index is 12.8. The van der Waals surface area contributed by atoms with Gasteiger partial charge >= 0.3 is 0 Å². The van der Waals surface area contributed by atoms with Crippen LogP contribution in [0, 0.1) is 6.92 Å². The highest BCUT2D eigenvalue weighted by molar-refractivity contribution is 5.95. The summed E-state index contributed by atoms with van der Waals surface area (Å²) in [7, 11) is 0. The molecule has 0 radical (unpaired) electrons. The predicted molar refractivity (Wildman–Crippen MR) is 108 cm³/mol. The van der Waals surface area contributed by atoms with Crippen LogP contribution in [-0.2, 0) is 11.8 Å². The molecule has 6 heteroatoms. The first kappa shape index (κ1) is 17.6. The molecule has 3 aliphatic rings. The summed E-state index contributed by atoms with van der Waals surface area (Å²) in [5.41, 5.74) is 3.40. The Morgan fingerprint density at radius 1 is 1.11 bits per heavy atom. The molecule has 6 nitrogen and oxygen atoms in total. The zero-order valence-corrected chi connectivity index (χ0v) is 16.5. The number of piperidine rings is 1. The summed E-state index contributed by atoms with van der Waals surface area (Å²) in [6.45, 7) is 5.63. The number of likely N-dealkylation sites (tertiary alicyclic amines) is 1. The van der Waals surface area contributed by atoms with E-state index in [0.717, 1.165) is 75.5 Å². The molecule has 4 heterocycles. The summed E-state index contributed by atoms with van der Waals surface area (Å²) >= 11 is 0. The standard InChI is InChI=1S/C22H27N5O/c1-16-24-14-18-5-8-22(20(18)25-16)7-4-12-27(15-22)19-13-17(6-9-23-19)21(28)26-10-2-3-11-26/h6,9,13-14H,2-5,7-8,10-12,15H2,1H3. The van der Waals surface area contributed by atoms with Crippen LogP contribution in [0.15, 0.2) is 24.5 Å². The molecule has 2 aliphatic heterocycles. The minimum absolute atomic E-state index is 0.0952. The van der Waals surface area contributed by atoms with Gasteiger partial charge in [0.1, 0.15) is 11.6 Å². The molecule has 28 heavy (non-hydrogen) atoms. The molecular weight excluding hydrogens is 350 g/mol. The highest BCUT2D eigenvalue weighted by atomic mass is 16.2. The molecule has 2 aromatic rings. The van der Waals surface area contributed by atoms with E-state index in [4.69, 9.17) is 4.98 Å². The van der Waals surface area contributed by atoms with E-state index in [9.17, 15) is 4.79 Å². The first-order chi connectivity index (χ1) is 13.6. The van der Waals surface area contributed by atoms with Gasteiger partial charge in [-0.1, -0.05) is 0 Å². The lowest BCUT2D eigenvalue weighted by Crippen LogP contribution is -2.46. The van der Waals surface area contributed by atoms with Gasteiger partial charge in [-0.25, -0.2) is 15.0 Å². The monoisotopic (exact) mass is 377 g/mol. The third-order valence-electron chi connectivity index (χ3n) is 6.65. The van der Waals surface area contributed by atoms with Crippen molar-refractivity contribution in [3.05, 3.63) is 47.2 Å². The van der Waals surface area contributed by atoms with Crippen molar-refractivity contribution in [3.63, 3.8) is 0 Å². The van der Waals surface area contributed by atoms with E-state index in [1.807, 2.05) is 30.2 Å². The second-order valence-electron chi connectivity index (χ2n) is 8.50. The number of pyridine rings is 1. The first-order valence-corrected chi connectivity index (χ1v) is 10.5. The van der Waals surface area contributed by atoms with E-state index in [0.29, 0.717) is 0 Å². The molecule has 146 valence electrons. The summed E-state index contributed by atoms with van der Waals surface area (Å²) in [4.78, 5) is 31.0. The highest BCUT2D eigenvalue weighted by Gasteiger charge is 2.44. The zero-order chi connectivity index (χ0) is 19.1. The molecule has 0 aromatic carbocycles. The smallest absolute Gasteiger partial charge is 0.254 e. The van der Waals surface area contributed by atoms with Crippen molar-refractivity contribution in [2.24, 2.45) is 0 Å². The summed E-state index contributed by atoms with van der Waals surface area (Å²) in [5, 5.41) is 0. The number of amides is 1. The Balaban J connectivity index is 1.41. The maximum absolute atomic E-state index is 12.8. The number of carbonyl (C=O) groups excluding carboxylic acids is 1. The predicted octanol–water partition coefficient (Wildman–Crippen LogP) is 2.90. The van der Waals surface area contributed by atoms with Crippen LogP contribution < -0.4 is 4.90 Å². The van der Waals surface area contributed by atoms with E-state index in [1.165, 1.54) is 17.7 Å². The quantitative estimate of drug-likeness (QED) is 0.805. The normalized spacial score (nSPS) is 24.0. The lowest BCUT2D eigenvalue weighted by molar-refractivity contribution is 0.0792. The van der Waals surface area contributed by atoms with Crippen LogP contribution in [0.5, 0.6) is 0 Å². The van der Waals surface area contributed by atoms with Crippen LogP contribution in [0.3, 0.4) is 0 Å². The molecule has 1 amide bonds. The van der Waals surface area contributed by atoms with Crippen LogP contribution in [0.25, 0.3) is 0 Å². The lowest BCUT2D eigenvalue weighted by atomic mass is 9.77. The summed E-state index contributed by atoms with van der Waals surface area (Å²) in [6.07, 6.45) is 10.5. The molecule has 0 N–H and O–H groups in total. The van der Waals surface area contributed by atoms with Gasteiger partial charge in [-0.2, -0.15) is 0 Å². The van der Waals surface area contributed by atoms with Crippen molar-refractivity contribution < 1.29 is 4.79 Å². The van der Waals surface area contributed by atoms with E-state index < -0.39 is 0 Å². The topological polar surface area (TPSA) is 62.2 Å². The van der Waals surface area contributed by atoms with Crippen molar-refractivity contribution in [3.8, 4) is 0 Å². The molecule has 1 unspecified atom stereocenters. The number of aromatic nitrogens is 3. The fourth-order valence-corrected chi connectivity index (χ4v) is 5.18. The van der Waals surface area contributed by atoms with Crippen molar-refractivity contribution in [2.45, 2.75) is 50.9 Å². The Hall–Kier alpha value is -2.50. The Morgan fingerprint density at radius 2 is 1.96 bits per heavy atom. The number of hydrogen-bond donors (Lipinski definition) is 0. The Morgan fingerprint density at radius 3 is 2.82 bits per heavy atom. The van der Waals surface area contributed by atoms with Gasteiger partial charge in [-0.3, -0.25) is 4.79 Å². The second kappa shape index (κ2) is 6.83. The number of carbonyl (C=O) groups is 1. The molecule has 1 atom stereocenters. The molecule has 0 bridgehead atoms. The number of aryl methyl sites for hydroxylation is 2. The van der Waals surface area contributed by atoms with E-state index in [1.54, 1.807) is 6.20 Å². The summed E-state index contributed by atoms with van der Waals surface area (Å²) in [6, 6.07) is 3.84. The van der Waals surface area contributed by atoms with Crippen molar-refractivity contribution in [1.29, 1.82) is 0 Å². The van der Waals surface area contributed by atoms with Crippen molar-refractivity contribution in [2.75, 3.05) is 31.1 Å². The maximum Gasteiger partial charge on any atom is 0.254 e. The van der Waals surface area contributed by atoms with Crippen LogP contribution in [0.4, 0.5) is 5.82 Å². The fourth-order valence-electron chi connectivity index (χ4n) is 5.18. The third-order valence-corrected chi connectivity index (χ3v) is 6.65. The Labute approximate surface area is 166 Å². The zero-order valence-electron chi connectivity index (χ0n) is 16.5. The largest absolute Gasteiger partial charge is 0.356 e. The number of nitrogens with zero attached hydrogens (tertiary/aromatic N) is 5. The summed E-state index contributed by atoms with van der Waals surface area (Å²) < 4.78 is 0. The van der Waals surface area contributed by atoms with Crippen LogP contribution >= 0.6 is 0 Å². The van der Waals surface area contributed by atoms with E-state index in [2.05, 4.69) is 14.9 Å². The number of rotatable bonds is 2. The molecule has 0 saturated carbocycles. The van der Waals surface area contributed by atoms with Gasteiger partial charge in [-0.15, -0.1) is 0 Å². The molecule has 5 rings (SSSR count).